The minimum absolute atomic E-state index is 0.207. The van der Waals surface area contributed by atoms with Crippen LogP contribution < -0.4 is 0 Å². The van der Waals surface area contributed by atoms with Gasteiger partial charge in [-0.2, -0.15) is 5.26 Å². The zero-order valence-corrected chi connectivity index (χ0v) is 10.4. The van der Waals surface area contributed by atoms with Crippen LogP contribution in [0.15, 0.2) is 30.3 Å². The fourth-order valence-electron chi connectivity index (χ4n) is 2.22. The lowest BCUT2D eigenvalue weighted by Gasteiger charge is -2.14. The number of aliphatic hydroxyl groups is 1. The monoisotopic (exact) mass is 240 g/mol. The van der Waals surface area contributed by atoms with Crippen molar-refractivity contribution < 1.29 is 5.11 Å². The van der Waals surface area contributed by atoms with Crippen molar-refractivity contribution in [3.63, 3.8) is 0 Å². The normalized spacial score (nSPS) is 12.3. The third-order valence-corrected chi connectivity index (χ3v) is 3.19. The zero-order chi connectivity index (χ0) is 13.0. The number of para-hydroxylation sites is 1. The Morgan fingerprint density at radius 2 is 2.17 bits per heavy atom. The molecule has 1 unspecified atom stereocenters. The van der Waals surface area contributed by atoms with E-state index in [2.05, 4.69) is 18.0 Å². The van der Waals surface area contributed by atoms with E-state index in [4.69, 9.17) is 10.4 Å². The fourth-order valence-corrected chi connectivity index (χ4v) is 2.22. The molecule has 0 fully saturated rings. The summed E-state index contributed by atoms with van der Waals surface area (Å²) in [7, 11) is 0. The van der Waals surface area contributed by atoms with Gasteiger partial charge in [-0.1, -0.05) is 25.1 Å². The van der Waals surface area contributed by atoms with Crippen LogP contribution in [0.3, 0.4) is 0 Å². The van der Waals surface area contributed by atoms with E-state index < -0.39 is 0 Å². The molecule has 3 nitrogen and oxygen atoms in total. The number of nitriles is 1. The van der Waals surface area contributed by atoms with Crippen molar-refractivity contribution in [3.8, 4) is 6.07 Å². The van der Waals surface area contributed by atoms with Crippen LogP contribution in [0, 0.1) is 11.3 Å². The SMILES string of the molecule is CC(CCCO)c1cc(C#N)nc2ccccc12. The maximum atomic E-state index is 9.03. The van der Waals surface area contributed by atoms with Crippen LogP contribution in [-0.2, 0) is 0 Å². The molecule has 18 heavy (non-hydrogen) atoms. The first-order chi connectivity index (χ1) is 8.76. The molecule has 0 amide bonds. The van der Waals surface area contributed by atoms with Crippen LogP contribution >= 0.6 is 0 Å². The second kappa shape index (κ2) is 5.61. The van der Waals surface area contributed by atoms with Gasteiger partial charge in [-0.3, -0.25) is 0 Å². The molecule has 92 valence electrons. The van der Waals surface area contributed by atoms with Crippen molar-refractivity contribution in [2.75, 3.05) is 6.61 Å². The summed E-state index contributed by atoms with van der Waals surface area (Å²) in [6.07, 6.45) is 1.69. The number of hydrogen-bond donors (Lipinski definition) is 1. The van der Waals surface area contributed by atoms with Crippen molar-refractivity contribution in [2.45, 2.75) is 25.7 Å². The minimum Gasteiger partial charge on any atom is -0.396 e. The molecule has 1 aromatic carbocycles. The molecule has 0 aliphatic carbocycles. The highest BCUT2D eigenvalue weighted by Crippen LogP contribution is 2.28. The van der Waals surface area contributed by atoms with Crippen LogP contribution in [0.5, 0.6) is 0 Å². The van der Waals surface area contributed by atoms with E-state index in [0.29, 0.717) is 11.6 Å². The quantitative estimate of drug-likeness (QED) is 0.893. The largest absolute Gasteiger partial charge is 0.396 e. The van der Waals surface area contributed by atoms with Crippen LogP contribution in [0.2, 0.25) is 0 Å². The Morgan fingerprint density at radius 1 is 1.39 bits per heavy atom. The molecule has 0 bridgehead atoms. The van der Waals surface area contributed by atoms with Crippen LogP contribution in [-0.4, -0.2) is 16.7 Å². The standard InChI is InChI=1S/C15H16N2O/c1-11(5-4-8-18)14-9-12(10-16)17-15-7-3-2-6-13(14)15/h2-3,6-7,9,11,18H,4-5,8H2,1H3. The Labute approximate surface area is 107 Å². The number of benzene rings is 1. The molecule has 1 atom stereocenters. The lowest BCUT2D eigenvalue weighted by molar-refractivity contribution is 0.281. The molecule has 2 rings (SSSR count). The van der Waals surface area contributed by atoms with Crippen LogP contribution in [0.1, 0.15) is 36.9 Å². The van der Waals surface area contributed by atoms with E-state index in [0.717, 1.165) is 29.3 Å². The van der Waals surface area contributed by atoms with Crippen molar-refractivity contribution in [1.82, 2.24) is 4.98 Å². The van der Waals surface area contributed by atoms with Gasteiger partial charge >= 0.3 is 0 Å². The van der Waals surface area contributed by atoms with Gasteiger partial charge in [0.15, 0.2) is 0 Å². The van der Waals surface area contributed by atoms with Crippen molar-refractivity contribution in [3.05, 3.63) is 41.6 Å². The Hall–Kier alpha value is -1.92. The van der Waals surface area contributed by atoms with Crippen molar-refractivity contribution in [1.29, 1.82) is 5.26 Å². The predicted molar refractivity (Wildman–Crippen MR) is 71.2 cm³/mol. The van der Waals surface area contributed by atoms with Crippen LogP contribution in [0.25, 0.3) is 10.9 Å². The maximum Gasteiger partial charge on any atom is 0.141 e. The summed E-state index contributed by atoms with van der Waals surface area (Å²) in [6, 6.07) is 11.9. The molecule has 0 saturated heterocycles. The van der Waals surface area contributed by atoms with E-state index in [1.807, 2.05) is 30.3 Å². The van der Waals surface area contributed by atoms with Gasteiger partial charge in [0, 0.05) is 12.0 Å². The first kappa shape index (κ1) is 12.5. The fraction of sp³-hybridized carbons (Fsp3) is 0.333. The van der Waals surface area contributed by atoms with Crippen LogP contribution in [0.4, 0.5) is 0 Å². The number of aromatic nitrogens is 1. The highest BCUT2D eigenvalue weighted by Gasteiger charge is 2.11. The zero-order valence-electron chi connectivity index (χ0n) is 10.4. The molecule has 1 aromatic heterocycles. The smallest absolute Gasteiger partial charge is 0.141 e. The van der Waals surface area contributed by atoms with Crippen molar-refractivity contribution in [2.24, 2.45) is 0 Å². The van der Waals surface area contributed by atoms with Gasteiger partial charge in [0.1, 0.15) is 11.8 Å². The summed E-state index contributed by atoms with van der Waals surface area (Å²) in [5.41, 5.74) is 2.47. The molecule has 0 aliphatic heterocycles. The number of pyridine rings is 1. The third kappa shape index (κ3) is 2.49. The van der Waals surface area contributed by atoms with Gasteiger partial charge in [0.2, 0.25) is 0 Å². The van der Waals surface area contributed by atoms with Gasteiger partial charge in [0.25, 0.3) is 0 Å². The molecule has 3 heteroatoms. The number of aliphatic hydroxyl groups excluding tert-OH is 1. The molecular weight excluding hydrogens is 224 g/mol. The molecular formula is C15H16N2O. The summed E-state index contributed by atoms with van der Waals surface area (Å²) in [5.74, 6) is 0.317. The van der Waals surface area contributed by atoms with E-state index >= 15 is 0 Å². The third-order valence-electron chi connectivity index (χ3n) is 3.19. The Morgan fingerprint density at radius 3 is 2.89 bits per heavy atom. The Bertz CT molecular complexity index is 587. The van der Waals surface area contributed by atoms with Crippen molar-refractivity contribution >= 4 is 10.9 Å². The molecule has 0 spiro atoms. The topological polar surface area (TPSA) is 56.9 Å². The second-order valence-electron chi connectivity index (χ2n) is 4.49. The first-order valence-electron chi connectivity index (χ1n) is 6.17. The highest BCUT2D eigenvalue weighted by molar-refractivity contribution is 5.83. The number of rotatable bonds is 4. The molecule has 0 radical (unpaired) electrons. The summed E-state index contributed by atoms with van der Waals surface area (Å²) < 4.78 is 0. The Kier molecular flexibility index (Phi) is 3.91. The van der Waals surface area contributed by atoms with E-state index in [-0.39, 0.29) is 6.61 Å². The summed E-state index contributed by atoms with van der Waals surface area (Å²) in [5, 5.41) is 19.0. The maximum absolute atomic E-state index is 9.03. The average molecular weight is 240 g/mol. The van der Waals surface area contributed by atoms with Gasteiger partial charge in [-0.25, -0.2) is 4.98 Å². The summed E-state index contributed by atoms with van der Waals surface area (Å²) >= 11 is 0. The van der Waals surface area contributed by atoms with Gasteiger partial charge < -0.3 is 5.11 Å². The average Bonchev–Trinajstić information content (AvgIpc) is 2.43. The molecule has 1 heterocycles. The second-order valence-corrected chi connectivity index (χ2v) is 4.49. The van der Waals surface area contributed by atoms with E-state index in [1.54, 1.807) is 0 Å². The highest BCUT2D eigenvalue weighted by atomic mass is 16.2. The molecule has 2 aromatic rings. The molecule has 0 aliphatic rings. The van der Waals surface area contributed by atoms with Gasteiger partial charge in [-0.15, -0.1) is 0 Å². The van der Waals surface area contributed by atoms with Gasteiger partial charge in [0.05, 0.1) is 5.52 Å². The first-order valence-corrected chi connectivity index (χ1v) is 6.17. The minimum atomic E-state index is 0.207. The number of nitrogens with zero attached hydrogens (tertiary/aromatic N) is 2. The molecule has 0 saturated carbocycles. The number of fused-ring (bicyclic) bond motifs is 1. The van der Waals surface area contributed by atoms with E-state index in [1.165, 1.54) is 0 Å². The lowest BCUT2D eigenvalue weighted by Crippen LogP contribution is -1.99. The van der Waals surface area contributed by atoms with Gasteiger partial charge in [-0.05, 0) is 36.5 Å². The summed E-state index contributed by atoms with van der Waals surface area (Å²) in [4.78, 5) is 4.31. The number of hydrogen-bond acceptors (Lipinski definition) is 3. The van der Waals surface area contributed by atoms with E-state index in [9.17, 15) is 0 Å². The summed E-state index contributed by atoms with van der Waals surface area (Å²) in [6.45, 7) is 2.33. The predicted octanol–water partition coefficient (Wildman–Crippen LogP) is 2.98. The molecule has 1 N–H and O–H groups in total. The Balaban J connectivity index is 2.50. The lowest BCUT2D eigenvalue weighted by atomic mass is 9.92.